The van der Waals surface area contributed by atoms with Crippen LogP contribution in [-0.4, -0.2) is 18.8 Å². The fourth-order valence-electron chi connectivity index (χ4n) is 0.414. The van der Waals surface area contributed by atoms with E-state index in [1.165, 1.54) is 0 Å². The van der Waals surface area contributed by atoms with Crippen LogP contribution in [-0.2, 0) is 0 Å². The Bertz CT molecular complexity index is 102. The molecule has 4 heteroatoms. The molecule has 0 rings (SSSR count). The zero-order valence-corrected chi connectivity index (χ0v) is 5.24. The van der Waals surface area contributed by atoms with Crippen LogP contribution in [0.4, 0.5) is 17.6 Å². The number of rotatable bonds is 4. The van der Waals surface area contributed by atoms with Crippen molar-refractivity contribution in [3.8, 4) is 0 Å². The Morgan fingerprint density at radius 3 is 2.00 bits per heavy atom. The maximum Gasteiger partial charge on any atom is 0.269 e. The molecule has 0 saturated heterocycles. The lowest BCUT2D eigenvalue weighted by atomic mass is 10.2. The van der Waals surface area contributed by atoms with Crippen LogP contribution < -0.4 is 0 Å². The van der Waals surface area contributed by atoms with Crippen LogP contribution in [0.2, 0.25) is 0 Å². The van der Waals surface area contributed by atoms with Gasteiger partial charge in [-0.1, -0.05) is 6.08 Å². The molecule has 0 aromatic rings. The van der Waals surface area contributed by atoms with Gasteiger partial charge in [0.15, 0.2) is 6.17 Å². The molecule has 0 aliphatic heterocycles. The van der Waals surface area contributed by atoms with Crippen LogP contribution in [0.1, 0.15) is 6.42 Å². The van der Waals surface area contributed by atoms with Crippen LogP contribution in [0.25, 0.3) is 0 Å². The second kappa shape index (κ2) is 4.30. The van der Waals surface area contributed by atoms with Gasteiger partial charge < -0.3 is 0 Å². The third-order valence-electron chi connectivity index (χ3n) is 0.980. The Morgan fingerprint density at radius 1 is 1.20 bits per heavy atom. The third kappa shape index (κ3) is 3.48. The lowest BCUT2D eigenvalue weighted by Crippen LogP contribution is -2.16. The summed E-state index contributed by atoms with van der Waals surface area (Å²) >= 11 is 0. The van der Waals surface area contributed by atoms with Crippen molar-refractivity contribution in [3.63, 3.8) is 0 Å². The molecule has 0 radical (unpaired) electrons. The summed E-state index contributed by atoms with van der Waals surface area (Å²) in [4.78, 5) is 0. The van der Waals surface area contributed by atoms with Gasteiger partial charge in [-0.15, -0.1) is 6.58 Å². The van der Waals surface area contributed by atoms with Crippen molar-refractivity contribution in [3.05, 3.63) is 12.7 Å². The quantitative estimate of drug-likeness (QED) is 0.433. The number of alkyl halides is 4. The summed E-state index contributed by atoms with van der Waals surface area (Å²) < 4.78 is 46.7. The van der Waals surface area contributed by atoms with E-state index >= 15 is 0 Å². The standard InChI is InChI=1S/C6H8F4/c1-2-4(7)3-5(8)6(9)10/h2,4-6H,1,3H2. The Labute approximate surface area is 56.5 Å². The minimum absolute atomic E-state index is 0.801. The van der Waals surface area contributed by atoms with Gasteiger partial charge in [-0.3, -0.25) is 0 Å². The summed E-state index contributed by atoms with van der Waals surface area (Å²) in [5, 5.41) is 0. The molecule has 0 spiro atoms. The molecule has 2 unspecified atom stereocenters. The van der Waals surface area contributed by atoms with E-state index in [-0.39, 0.29) is 0 Å². The van der Waals surface area contributed by atoms with E-state index in [4.69, 9.17) is 0 Å². The molecule has 0 aliphatic rings. The number of hydrogen-bond acceptors (Lipinski definition) is 0. The molecular weight excluding hydrogens is 148 g/mol. The molecule has 0 N–H and O–H groups in total. The SMILES string of the molecule is C=CC(F)CC(F)C(F)F. The molecule has 2 atom stereocenters. The average molecular weight is 156 g/mol. The summed E-state index contributed by atoms with van der Waals surface area (Å²) in [5.74, 6) is 0. The zero-order chi connectivity index (χ0) is 8.15. The summed E-state index contributed by atoms with van der Waals surface area (Å²) in [7, 11) is 0. The Morgan fingerprint density at radius 2 is 1.70 bits per heavy atom. The minimum atomic E-state index is -3.10. The highest BCUT2D eigenvalue weighted by Gasteiger charge is 2.21. The zero-order valence-electron chi connectivity index (χ0n) is 5.24. The van der Waals surface area contributed by atoms with Crippen LogP contribution >= 0.6 is 0 Å². The van der Waals surface area contributed by atoms with Crippen molar-refractivity contribution >= 4 is 0 Å². The second-order valence-electron chi connectivity index (χ2n) is 1.84. The minimum Gasteiger partial charge on any atom is -0.243 e. The molecule has 0 saturated carbocycles. The van der Waals surface area contributed by atoms with Crippen LogP contribution in [0.5, 0.6) is 0 Å². The van der Waals surface area contributed by atoms with Gasteiger partial charge in [0, 0.05) is 6.42 Å². The summed E-state index contributed by atoms with van der Waals surface area (Å²) in [5.41, 5.74) is 0. The molecule has 0 fully saturated rings. The van der Waals surface area contributed by atoms with E-state index in [1.54, 1.807) is 0 Å². The van der Waals surface area contributed by atoms with Crippen molar-refractivity contribution in [1.82, 2.24) is 0 Å². The molecule has 0 aromatic carbocycles. The molecule has 0 amide bonds. The van der Waals surface area contributed by atoms with E-state index in [1.807, 2.05) is 0 Å². The first-order chi connectivity index (χ1) is 4.57. The lowest BCUT2D eigenvalue weighted by Gasteiger charge is -2.06. The predicted molar refractivity (Wildman–Crippen MR) is 30.6 cm³/mol. The molecule has 0 bridgehead atoms. The first-order valence-electron chi connectivity index (χ1n) is 2.76. The van der Waals surface area contributed by atoms with Crippen LogP contribution in [0, 0.1) is 0 Å². The van der Waals surface area contributed by atoms with Crippen molar-refractivity contribution < 1.29 is 17.6 Å². The van der Waals surface area contributed by atoms with E-state index in [0.717, 1.165) is 6.08 Å². The maximum absolute atomic E-state index is 12.1. The van der Waals surface area contributed by atoms with Crippen molar-refractivity contribution in [2.24, 2.45) is 0 Å². The van der Waals surface area contributed by atoms with Gasteiger partial charge in [0.25, 0.3) is 6.43 Å². The molecule has 10 heavy (non-hydrogen) atoms. The molecule has 0 heterocycles. The number of hydrogen-bond donors (Lipinski definition) is 0. The predicted octanol–water partition coefficient (Wildman–Crippen LogP) is 2.50. The van der Waals surface area contributed by atoms with Gasteiger partial charge in [0.2, 0.25) is 0 Å². The van der Waals surface area contributed by atoms with Crippen molar-refractivity contribution in [1.29, 1.82) is 0 Å². The van der Waals surface area contributed by atoms with Gasteiger partial charge in [-0.05, 0) is 0 Å². The molecule has 0 aromatic heterocycles. The van der Waals surface area contributed by atoms with Gasteiger partial charge in [-0.2, -0.15) is 0 Å². The normalized spacial score (nSPS) is 16.9. The highest BCUT2D eigenvalue weighted by Crippen LogP contribution is 2.13. The first kappa shape index (κ1) is 9.46. The highest BCUT2D eigenvalue weighted by molar-refractivity contribution is 4.81. The fraction of sp³-hybridized carbons (Fsp3) is 0.667. The van der Waals surface area contributed by atoms with E-state index < -0.39 is 25.2 Å². The summed E-state index contributed by atoms with van der Waals surface area (Å²) in [6, 6.07) is 0. The third-order valence-corrected chi connectivity index (χ3v) is 0.980. The molecule has 60 valence electrons. The summed E-state index contributed by atoms with van der Waals surface area (Å²) in [6.45, 7) is 2.99. The number of halogens is 4. The molecular formula is C6H8F4. The Kier molecular flexibility index (Phi) is 4.07. The van der Waals surface area contributed by atoms with E-state index in [2.05, 4.69) is 6.58 Å². The largest absolute Gasteiger partial charge is 0.269 e. The van der Waals surface area contributed by atoms with Crippen molar-refractivity contribution in [2.45, 2.75) is 25.2 Å². The summed E-state index contributed by atoms with van der Waals surface area (Å²) in [6.07, 6.45) is -7.16. The van der Waals surface area contributed by atoms with E-state index in [9.17, 15) is 17.6 Å². The average Bonchev–Trinajstić information content (AvgIpc) is 1.87. The molecule has 0 aliphatic carbocycles. The topological polar surface area (TPSA) is 0 Å². The van der Waals surface area contributed by atoms with Crippen LogP contribution in [0.3, 0.4) is 0 Å². The maximum atomic E-state index is 12.1. The van der Waals surface area contributed by atoms with E-state index in [0.29, 0.717) is 0 Å². The van der Waals surface area contributed by atoms with Gasteiger partial charge in [0.1, 0.15) is 6.17 Å². The van der Waals surface area contributed by atoms with Gasteiger partial charge in [0.05, 0.1) is 0 Å². The Balaban J connectivity index is 3.56. The Hall–Kier alpha value is -0.540. The lowest BCUT2D eigenvalue weighted by molar-refractivity contribution is 0.0361. The fourth-order valence-corrected chi connectivity index (χ4v) is 0.414. The van der Waals surface area contributed by atoms with Gasteiger partial charge in [-0.25, -0.2) is 17.6 Å². The molecule has 0 nitrogen and oxygen atoms in total. The first-order valence-corrected chi connectivity index (χ1v) is 2.76. The highest BCUT2D eigenvalue weighted by atomic mass is 19.3. The van der Waals surface area contributed by atoms with Gasteiger partial charge >= 0.3 is 0 Å². The van der Waals surface area contributed by atoms with Crippen LogP contribution in [0.15, 0.2) is 12.7 Å². The second-order valence-corrected chi connectivity index (χ2v) is 1.84. The van der Waals surface area contributed by atoms with Crippen molar-refractivity contribution in [2.75, 3.05) is 0 Å². The monoisotopic (exact) mass is 156 g/mol. The smallest absolute Gasteiger partial charge is 0.243 e. The number of allylic oxidation sites excluding steroid dienone is 1.